The number of fused-ring (bicyclic) bond motifs is 2. The van der Waals surface area contributed by atoms with Crippen LogP contribution in [0.5, 0.6) is 5.88 Å². The van der Waals surface area contributed by atoms with Crippen molar-refractivity contribution in [1.82, 2.24) is 13.6 Å². The van der Waals surface area contributed by atoms with Gasteiger partial charge in [-0.3, -0.25) is 0 Å². The molecule has 22 heavy (non-hydrogen) atoms. The van der Waals surface area contributed by atoms with E-state index in [0.29, 0.717) is 12.5 Å². The second-order valence-corrected chi connectivity index (χ2v) is 5.79. The van der Waals surface area contributed by atoms with Crippen LogP contribution in [-0.2, 0) is 9.59 Å². The molecular weight excluding hydrogens is 310 g/mol. The Morgan fingerprint density at radius 1 is 1.32 bits per heavy atom. The smallest absolute Gasteiger partial charge is 0.414 e. The minimum absolute atomic E-state index is 0.558. The zero-order valence-electron chi connectivity index (χ0n) is 12.3. The Labute approximate surface area is 132 Å². The maximum Gasteiger partial charge on any atom is 0.414 e. The van der Waals surface area contributed by atoms with Crippen molar-refractivity contribution < 1.29 is 24.5 Å². The molecule has 0 spiro atoms. The topological polar surface area (TPSA) is 113 Å². The largest absolute Gasteiger partial charge is 0.476 e. The molecule has 1 aromatic rings. The SMILES string of the molecule is CCOc1nsnc1C1CN2CCCC1C2.O=C(O)C(=O)O. The fourth-order valence-electron chi connectivity index (χ4n) is 2.97. The molecule has 0 aliphatic carbocycles. The molecule has 3 unspecified atom stereocenters. The molecule has 9 heteroatoms. The number of aliphatic carboxylic acids is 2. The number of piperidine rings is 1. The van der Waals surface area contributed by atoms with E-state index < -0.39 is 11.9 Å². The van der Waals surface area contributed by atoms with Crippen molar-refractivity contribution in [1.29, 1.82) is 0 Å². The van der Waals surface area contributed by atoms with Gasteiger partial charge < -0.3 is 19.8 Å². The number of carboxylic acids is 2. The molecule has 0 saturated carbocycles. The van der Waals surface area contributed by atoms with E-state index in [-0.39, 0.29) is 0 Å². The molecule has 2 aliphatic heterocycles. The van der Waals surface area contributed by atoms with Gasteiger partial charge in [-0.05, 0) is 32.2 Å². The van der Waals surface area contributed by atoms with Crippen LogP contribution in [0.4, 0.5) is 0 Å². The van der Waals surface area contributed by atoms with Gasteiger partial charge in [-0.1, -0.05) is 0 Å². The summed E-state index contributed by atoms with van der Waals surface area (Å²) < 4.78 is 14.3. The first-order valence-corrected chi connectivity index (χ1v) is 7.89. The van der Waals surface area contributed by atoms with E-state index in [1.165, 1.54) is 37.7 Å². The number of nitrogens with zero attached hydrogens (tertiary/aromatic N) is 3. The monoisotopic (exact) mass is 329 g/mol. The molecule has 2 bridgehead atoms. The third kappa shape index (κ3) is 3.92. The molecular formula is C13H19N3O5S. The van der Waals surface area contributed by atoms with Crippen LogP contribution in [0.25, 0.3) is 0 Å². The van der Waals surface area contributed by atoms with Crippen LogP contribution in [0.2, 0.25) is 0 Å². The Kier molecular flexibility index (Phi) is 5.67. The van der Waals surface area contributed by atoms with E-state index in [1.807, 2.05) is 6.92 Å². The van der Waals surface area contributed by atoms with Crippen LogP contribution < -0.4 is 4.74 Å². The van der Waals surface area contributed by atoms with Gasteiger partial charge in [0.15, 0.2) is 0 Å². The Morgan fingerprint density at radius 3 is 2.64 bits per heavy atom. The molecule has 2 aliphatic rings. The van der Waals surface area contributed by atoms with Crippen molar-refractivity contribution in [3.8, 4) is 5.88 Å². The van der Waals surface area contributed by atoms with Crippen molar-refractivity contribution in [2.45, 2.75) is 25.7 Å². The maximum absolute atomic E-state index is 9.10. The van der Waals surface area contributed by atoms with E-state index in [1.54, 1.807) is 0 Å². The quantitative estimate of drug-likeness (QED) is 0.787. The third-order valence-electron chi connectivity index (χ3n) is 3.86. The summed E-state index contributed by atoms with van der Waals surface area (Å²) in [6, 6.07) is 0. The minimum atomic E-state index is -1.82. The lowest BCUT2D eigenvalue weighted by Crippen LogP contribution is -2.25. The predicted molar refractivity (Wildman–Crippen MR) is 78.3 cm³/mol. The standard InChI is InChI=1S/C11H17N3OS.C2H2O4/c1-2-15-11-10(12-16-13-11)9-7-14-5-3-4-8(9)6-14;3-1(4)2(5)6/h8-9H,2-7H2,1H3;(H,3,4)(H,5,6). The first-order valence-electron chi connectivity index (χ1n) is 7.16. The van der Waals surface area contributed by atoms with Gasteiger partial charge in [0.2, 0.25) is 5.88 Å². The van der Waals surface area contributed by atoms with Crippen molar-refractivity contribution in [2.75, 3.05) is 26.2 Å². The summed E-state index contributed by atoms with van der Waals surface area (Å²) in [4.78, 5) is 20.7. The lowest BCUT2D eigenvalue weighted by atomic mass is 9.89. The molecule has 3 rings (SSSR count). The molecule has 0 radical (unpaired) electrons. The van der Waals surface area contributed by atoms with Crippen LogP contribution in [0.1, 0.15) is 31.4 Å². The summed E-state index contributed by atoms with van der Waals surface area (Å²) in [5.74, 6) is -1.53. The van der Waals surface area contributed by atoms with E-state index in [2.05, 4.69) is 13.6 Å². The molecule has 3 heterocycles. The van der Waals surface area contributed by atoms with Crippen LogP contribution >= 0.6 is 11.7 Å². The van der Waals surface area contributed by atoms with Crippen LogP contribution in [0.3, 0.4) is 0 Å². The molecule has 2 fully saturated rings. The first-order chi connectivity index (χ1) is 10.5. The summed E-state index contributed by atoms with van der Waals surface area (Å²) in [7, 11) is 0. The Morgan fingerprint density at radius 2 is 2.05 bits per heavy atom. The van der Waals surface area contributed by atoms with Crippen LogP contribution in [-0.4, -0.2) is 62.0 Å². The third-order valence-corrected chi connectivity index (χ3v) is 4.39. The highest BCUT2D eigenvalue weighted by molar-refractivity contribution is 6.99. The second-order valence-electron chi connectivity index (χ2n) is 5.27. The van der Waals surface area contributed by atoms with Crippen molar-refractivity contribution >= 4 is 23.7 Å². The van der Waals surface area contributed by atoms with E-state index in [0.717, 1.165) is 24.0 Å². The normalized spacial score (nSPS) is 26.0. The lowest BCUT2D eigenvalue weighted by Gasteiger charge is -2.21. The fraction of sp³-hybridized carbons (Fsp3) is 0.692. The number of carbonyl (C=O) groups is 2. The van der Waals surface area contributed by atoms with Gasteiger partial charge in [-0.15, -0.1) is 4.37 Å². The Hall–Kier alpha value is -1.74. The number of aromatic nitrogens is 2. The number of ether oxygens (including phenoxy) is 1. The van der Waals surface area contributed by atoms with Gasteiger partial charge in [0.05, 0.1) is 18.3 Å². The highest BCUT2D eigenvalue weighted by Crippen LogP contribution is 2.40. The number of rotatable bonds is 3. The Bertz CT molecular complexity index is 524. The molecule has 0 amide bonds. The summed E-state index contributed by atoms with van der Waals surface area (Å²) in [6.45, 7) is 6.33. The zero-order valence-corrected chi connectivity index (χ0v) is 13.1. The fourth-order valence-corrected chi connectivity index (χ4v) is 3.54. The summed E-state index contributed by atoms with van der Waals surface area (Å²) in [5.41, 5.74) is 1.11. The molecule has 0 aromatic carbocycles. The molecule has 2 saturated heterocycles. The molecule has 3 atom stereocenters. The molecule has 2 N–H and O–H groups in total. The lowest BCUT2D eigenvalue weighted by molar-refractivity contribution is -0.159. The van der Waals surface area contributed by atoms with Gasteiger partial charge in [-0.25, -0.2) is 9.59 Å². The Balaban J connectivity index is 0.000000254. The predicted octanol–water partition coefficient (Wildman–Crippen LogP) is 0.902. The number of hydrogen-bond acceptors (Lipinski definition) is 7. The number of hydrogen-bond donors (Lipinski definition) is 2. The molecule has 122 valence electrons. The number of carboxylic acid groups (broad SMARTS) is 2. The van der Waals surface area contributed by atoms with Crippen molar-refractivity contribution in [3.63, 3.8) is 0 Å². The van der Waals surface area contributed by atoms with Crippen molar-refractivity contribution in [3.05, 3.63) is 5.69 Å². The minimum Gasteiger partial charge on any atom is -0.476 e. The average molecular weight is 329 g/mol. The summed E-state index contributed by atoms with van der Waals surface area (Å²) >= 11 is 1.28. The highest BCUT2D eigenvalue weighted by atomic mass is 32.1. The van der Waals surface area contributed by atoms with Gasteiger partial charge in [0.1, 0.15) is 5.69 Å². The average Bonchev–Trinajstić information content (AvgIpc) is 3.04. The second kappa shape index (κ2) is 7.50. The van der Waals surface area contributed by atoms with Crippen LogP contribution in [0, 0.1) is 5.92 Å². The zero-order chi connectivity index (χ0) is 16.1. The highest BCUT2D eigenvalue weighted by Gasteiger charge is 2.39. The van der Waals surface area contributed by atoms with Crippen molar-refractivity contribution in [2.24, 2.45) is 5.92 Å². The van der Waals surface area contributed by atoms with Crippen LogP contribution in [0.15, 0.2) is 0 Å². The van der Waals surface area contributed by atoms with Gasteiger partial charge in [-0.2, -0.15) is 4.37 Å². The molecule has 1 aromatic heterocycles. The van der Waals surface area contributed by atoms with Gasteiger partial charge in [0, 0.05) is 19.0 Å². The first kappa shape index (κ1) is 16.6. The molecule has 8 nitrogen and oxygen atoms in total. The summed E-state index contributed by atoms with van der Waals surface area (Å²) in [5, 5.41) is 14.8. The maximum atomic E-state index is 9.10. The van der Waals surface area contributed by atoms with E-state index in [9.17, 15) is 0 Å². The van der Waals surface area contributed by atoms with E-state index >= 15 is 0 Å². The summed E-state index contributed by atoms with van der Waals surface area (Å²) in [6.07, 6.45) is 2.67. The van der Waals surface area contributed by atoms with E-state index in [4.69, 9.17) is 24.5 Å². The van der Waals surface area contributed by atoms with Gasteiger partial charge >= 0.3 is 11.9 Å². The van der Waals surface area contributed by atoms with Gasteiger partial charge in [0.25, 0.3) is 0 Å².